The van der Waals surface area contributed by atoms with Gasteiger partial charge in [0.15, 0.2) is 12.0 Å². The molecule has 5 heteroatoms. The average molecular weight is 353 g/mol. The van der Waals surface area contributed by atoms with Crippen LogP contribution in [0.4, 0.5) is 0 Å². The van der Waals surface area contributed by atoms with E-state index in [0.717, 1.165) is 44.4 Å². The predicted molar refractivity (Wildman–Crippen MR) is 98.7 cm³/mol. The van der Waals surface area contributed by atoms with E-state index in [-0.39, 0.29) is 17.4 Å². The second-order valence-electron chi connectivity index (χ2n) is 8.38. The number of nitrogens with zero attached hydrogens (tertiary/aromatic N) is 2. The van der Waals surface area contributed by atoms with Crippen LogP contribution in [0.3, 0.4) is 0 Å². The average Bonchev–Trinajstić information content (AvgIpc) is 2.97. The maximum atomic E-state index is 13.2. The number of likely N-dealkylation sites (tertiary alicyclic amines) is 1. The third-order valence-electron chi connectivity index (χ3n) is 6.94. The van der Waals surface area contributed by atoms with Crippen molar-refractivity contribution in [1.29, 1.82) is 5.26 Å². The molecule has 0 amide bonds. The van der Waals surface area contributed by atoms with Crippen molar-refractivity contribution in [2.24, 2.45) is 11.3 Å². The van der Waals surface area contributed by atoms with Crippen LogP contribution in [0.1, 0.15) is 43.6 Å². The summed E-state index contributed by atoms with van der Waals surface area (Å²) in [6.45, 7) is 0.930. The van der Waals surface area contributed by atoms with Crippen molar-refractivity contribution in [3.8, 4) is 11.9 Å². The second-order valence-corrected chi connectivity index (χ2v) is 8.38. The summed E-state index contributed by atoms with van der Waals surface area (Å²) >= 11 is 0. The molecule has 3 aliphatic rings. The highest BCUT2D eigenvalue weighted by molar-refractivity contribution is 5.87. The van der Waals surface area contributed by atoms with Crippen LogP contribution in [-0.4, -0.2) is 43.5 Å². The zero-order valence-corrected chi connectivity index (χ0v) is 15.6. The Morgan fingerprint density at radius 2 is 2.12 bits per heavy atom. The molecule has 0 aromatic heterocycles. The lowest BCUT2D eigenvalue weighted by atomic mass is 9.89. The Morgan fingerprint density at radius 3 is 2.81 bits per heavy atom. The fourth-order valence-electron chi connectivity index (χ4n) is 5.25. The summed E-state index contributed by atoms with van der Waals surface area (Å²) in [5, 5.41) is 11.7. The highest BCUT2D eigenvalue weighted by atomic mass is 16.5. The van der Waals surface area contributed by atoms with Crippen LogP contribution in [-0.2, 0) is 4.79 Å². The fraction of sp³-hybridized carbons (Fsp3) is 0.619. The number of hydrogen-bond donors (Lipinski definition) is 1. The first kappa shape index (κ1) is 17.4. The van der Waals surface area contributed by atoms with Crippen molar-refractivity contribution in [3.05, 3.63) is 29.8 Å². The number of likely N-dealkylation sites (N-methyl/N-ethyl adjacent to an activating group) is 1. The molecule has 3 fully saturated rings. The zero-order chi connectivity index (χ0) is 18.3. The molecular weight excluding hydrogens is 326 g/mol. The number of nitriles is 1. The topological polar surface area (TPSA) is 65.4 Å². The fourth-order valence-corrected chi connectivity index (χ4v) is 5.25. The minimum absolute atomic E-state index is 0.0309. The first-order valence-electron chi connectivity index (χ1n) is 9.59. The number of nitrogens with one attached hydrogen (secondary N) is 1. The summed E-state index contributed by atoms with van der Waals surface area (Å²) < 4.78 is 5.24. The Kier molecular flexibility index (Phi) is 4.40. The molecule has 1 aromatic carbocycles. The van der Waals surface area contributed by atoms with Gasteiger partial charge in [-0.2, -0.15) is 5.26 Å². The Hall–Kier alpha value is -2.06. The van der Waals surface area contributed by atoms with E-state index in [1.54, 1.807) is 7.11 Å². The third-order valence-corrected chi connectivity index (χ3v) is 6.94. The maximum absolute atomic E-state index is 13.2. The third kappa shape index (κ3) is 2.97. The molecule has 1 N–H and O–H groups in total. The molecule has 4 unspecified atom stereocenters. The minimum Gasteiger partial charge on any atom is -0.497 e. The molecule has 0 bridgehead atoms. The molecule has 0 radical (unpaired) electrons. The standard InChI is InChI=1S/C21H27N3O2/c1-24-12-16(14-3-5-17(26-2)6-4-14)9-18(24)20(25)15-7-8-21(10-15)11-19(21)23-13-22/h3-6,15-16,18-19,23H,7-12H2,1-2H3/t15?,16?,18?,19?,21-/m0/s1. The Labute approximate surface area is 155 Å². The van der Waals surface area contributed by atoms with Crippen LogP contribution >= 0.6 is 0 Å². The Balaban J connectivity index is 1.39. The second kappa shape index (κ2) is 6.59. The summed E-state index contributed by atoms with van der Waals surface area (Å²) in [5.74, 6) is 1.86. The molecule has 5 atom stereocenters. The van der Waals surface area contributed by atoms with E-state index in [1.807, 2.05) is 12.1 Å². The van der Waals surface area contributed by atoms with Crippen LogP contribution in [0.15, 0.2) is 24.3 Å². The largest absolute Gasteiger partial charge is 0.497 e. The number of carbonyl (C=O) groups is 1. The molecule has 1 aliphatic heterocycles. The van der Waals surface area contributed by atoms with Crippen molar-refractivity contribution in [3.63, 3.8) is 0 Å². The number of carbonyl (C=O) groups excluding carboxylic acids is 1. The molecular formula is C21H27N3O2. The van der Waals surface area contributed by atoms with Gasteiger partial charge in [-0.25, -0.2) is 0 Å². The monoisotopic (exact) mass is 353 g/mol. The number of ether oxygens (including phenoxy) is 1. The first-order chi connectivity index (χ1) is 12.6. The van der Waals surface area contributed by atoms with E-state index in [4.69, 9.17) is 10.00 Å². The number of rotatable bonds is 5. The van der Waals surface area contributed by atoms with Crippen molar-refractivity contribution in [2.45, 2.75) is 50.1 Å². The summed E-state index contributed by atoms with van der Waals surface area (Å²) in [6.07, 6.45) is 7.06. The molecule has 1 heterocycles. The minimum atomic E-state index is 0.0309. The lowest BCUT2D eigenvalue weighted by Crippen LogP contribution is -2.36. The van der Waals surface area contributed by atoms with Gasteiger partial charge < -0.3 is 10.1 Å². The van der Waals surface area contributed by atoms with Crippen molar-refractivity contribution in [2.75, 3.05) is 20.7 Å². The van der Waals surface area contributed by atoms with Gasteiger partial charge in [-0.3, -0.25) is 9.69 Å². The van der Waals surface area contributed by atoms with Crippen LogP contribution in [0, 0.1) is 22.8 Å². The smallest absolute Gasteiger partial charge is 0.176 e. The van der Waals surface area contributed by atoms with Crippen LogP contribution < -0.4 is 10.1 Å². The first-order valence-corrected chi connectivity index (χ1v) is 9.59. The van der Waals surface area contributed by atoms with E-state index in [1.165, 1.54) is 5.56 Å². The van der Waals surface area contributed by atoms with Gasteiger partial charge in [0.05, 0.1) is 13.2 Å². The van der Waals surface area contributed by atoms with Gasteiger partial charge in [0, 0.05) is 18.5 Å². The van der Waals surface area contributed by atoms with Gasteiger partial charge in [-0.15, -0.1) is 0 Å². The number of Topliss-reactive ketones (excluding diaryl/α,β-unsaturated/α-hetero) is 1. The van der Waals surface area contributed by atoms with E-state index >= 15 is 0 Å². The van der Waals surface area contributed by atoms with Gasteiger partial charge >= 0.3 is 0 Å². The summed E-state index contributed by atoms with van der Waals surface area (Å²) in [6, 6.07) is 8.58. The molecule has 1 spiro atoms. The molecule has 26 heavy (non-hydrogen) atoms. The maximum Gasteiger partial charge on any atom is 0.176 e. The van der Waals surface area contributed by atoms with Crippen LogP contribution in [0.2, 0.25) is 0 Å². The molecule has 1 aromatic rings. The van der Waals surface area contributed by atoms with Gasteiger partial charge in [0.2, 0.25) is 0 Å². The van der Waals surface area contributed by atoms with E-state index < -0.39 is 0 Å². The lowest BCUT2D eigenvalue weighted by molar-refractivity contribution is -0.126. The highest BCUT2D eigenvalue weighted by Crippen LogP contribution is 2.60. The Morgan fingerprint density at radius 1 is 1.35 bits per heavy atom. The summed E-state index contributed by atoms with van der Waals surface area (Å²) in [4.78, 5) is 15.4. The zero-order valence-electron chi connectivity index (χ0n) is 15.6. The van der Waals surface area contributed by atoms with Crippen LogP contribution in [0.5, 0.6) is 5.75 Å². The van der Waals surface area contributed by atoms with E-state index in [9.17, 15) is 4.79 Å². The lowest BCUT2D eigenvalue weighted by Gasteiger charge is -2.21. The molecule has 2 saturated carbocycles. The van der Waals surface area contributed by atoms with Crippen molar-refractivity contribution < 1.29 is 9.53 Å². The number of benzene rings is 1. The van der Waals surface area contributed by atoms with E-state index in [0.29, 0.717) is 17.7 Å². The number of methoxy groups -OCH3 is 1. The summed E-state index contributed by atoms with van der Waals surface area (Å²) in [5.41, 5.74) is 1.51. The van der Waals surface area contributed by atoms with Gasteiger partial charge in [-0.05, 0) is 68.2 Å². The highest BCUT2D eigenvalue weighted by Gasteiger charge is 2.59. The summed E-state index contributed by atoms with van der Waals surface area (Å²) in [7, 11) is 3.76. The normalized spacial score (nSPS) is 36.0. The predicted octanol–water partition coefficient (Wildman–Crippen LogP) is 2.68. The van der Waals surface area contributed by atoms with Gasteiger partial charge in [0.25, 0.3) is 0 Å². The molecule has 4 rings (SSSR count). The molecule has 1 saturated heterocycles. The van der Waals surface area contributed by atoms with Gasteiger partial charge in [-0.1, -0.05) is 12.1 Å². The SMILES string of the molecule is COc1ccc(C2CC(C(=O)C3CC[C@]4(C3)CC4NC#N)N(C)C2)cc1. The quantitative estimate of drug-likeness (QED) is 0.651. The van der Waals surface area contributed by atoms with Gasteiger partial charge in [0.1, 0.15) is 5.75 Å². The molecule has 138 valence electrons. The number of ketones is 1. The Bertz CT molecular complexity index is 726. The molecule has 5 nitrogen and oxygen atoms in total. The number of hydrogen-bond acceptors (Lipinski definition) is 5. The molecule has 2 aliphatic carbocycles. The van der Waals surface area contributed by atoms with E-state index in [2.05, 4.69) is 35.6 Å². The van der Waals surface area contributed by atoms with Crippen molar-refractivity contribution >= 4 is 5.78 Å². The van der Waals surface area contributed by atoms with Crippen LogP contribution in [0.25, 0.3) is 0 Å². The van der Waals surface area contributed by atoms with Crippen molar-refractivity contribution in [1.82, 2.24) is 10.2 Å².